The first-order valence-corrected chi connectivity index (χ1v) is 7.72. The van der Waals surface area contributed by atoms with Crippen LogP contribution < -0.4 is 5.56 Å². The lowest BCUT2D eigenvalue weighted by Crippen LogP contribution is -2.43. The number of nitrogens with zero attached hydrogens (tertiary/aromatic N) is 3. The van der Waals surface area contributed by atoms with Crippen molar-refractivity contribution in [2.45, 2.75) is 25.4 Å². The van der Waals surface area contributed by atoms with Crippen molar-refractivity contribution >= 4 is 11.9 Å². The second-order valence-corrected chi connectivity index (χ2v) is 5.66. The van der Waals surface area contributed by atoms with Gasteiger partial charge in [0, 0.05) is 18.2 Å². The smallest absolute Gasteiger partial charge is 0.326 e. The van der Waals surface area contributed by atoms with E-state index >= 15 is 0 Å². The number of benzene rings is 1. The molecular formula is C17H17N3O4. The molecule has 2 heterocycles. The Bertz CT molecular complexity index is 816. The molecule has 7 heteroatoms. The molecule has 1 saturated heterocycles. The minimum Gasteiger partial charge on any atom is -0.480 e. The molecule has 24 heavy (non-hydrogen) atoms. The second-order valence-electron chi connectivity index (χ2n) is 5.66. The number of carboxylic acid groups (broad SMARTS) is 1. The van der Waals surface area contributed by atoms with Crippen LogP contribution in [0.15, 0.2) is 47.3 Å². The number of carboxylic acids is 1. The molecule has 1 amide bonds. The van der Waals surface area contributed by atoms with Crippen molar-refractivity contribution in [3.63, 3.8) is 0 Å². The Labute approximate surface area is 138 Å². The van der Waals surface area contributed by atoms with Gasteiger partial charge in [-0.2, -0.15) is 5.10 Å². The van der Waals surface area contributed by atoms with Crippen molar-refractivity contribution in [2.24, 2.45) is 0 Å². The van der Waals surface area contributed by atoms with Crippen LogP contribution in [0, 0.1) is 0 Å². The Kier molecular flexibility index (Phi) is 4.41. The van der Waals surface area contributed by atoms with Crippen LogP contribution in [0.4, 0.5) is 0 Å². The maximum Gasteiger partial charge on any atom is 0.326 e. The molecule has 2 aromatic rings. The molecule has 3 rings (SSSR count). The average Bonchev–Trinajstić information content (AvgIpc) is 3.08. The Morgan fingerprint density at radius 1 is 1.17 bits per heavy atom. The van der Waals surface area contributed by atoms with Crippen LogP contribution in [-0.2, 0) is 16.1 Å². The monoisotopic (exact) mass is 327 g/mol. The molecule has 0 unspecified atom stereocenters. The summed E-state index contributed by atoms with van der Waals surface area (Å²) in [4.78, 5) is 36.9. The maximum atomic E-state index is 12.4. The molecule has 1 N–H and O–H groups in total. The molecular weight excluding hydrogens is 310 g/mol. The molecule has 124 valence electrons. The van der Waals surface area contributed by atoms with Gasteiger partial charge in [0.25, 0.3) is 5.56 Å². The summed E-state index contributed by atoms with van der Waals surface area (Å²) >= 11 is 0. The van der Waals surface area contributed by atoms with Gasteiger partial charge in [0.15, 0.2) is 0 Å². The molecule has 1 aromatic carbocycles. The van der Waals surface area contributed by atoms with Crippen LogP contribution >= 0.6 is 0 Å². The zero-order chi connectivity index (χ0) is 17.1. The number of hydrogen-bond acceptors (Lipinski definition) is 4. The van der Waals surface area contributed by atoms with E-state index in [2.05, 4.69) is 5.10 Å². The fraction of sp³-hybridized carbons (Fsp3) is 0.294. The first-order valence-electron chi connectivity index (χ1n) is 7.72. The van der Waals surface area contributed by atoms with Gasteiger partial charge in [-0.3, -0.25) is 9.59 Å². The Morgan fingerprint density at radius 2 is 1.92 bits per heavy atom. The van der Waals surface area contributed by atoms with E-state index in [0.717, 1.165) is 10.2 Å². The van der Waals surface area contributed by atoms with E-state index in [1.54, 1.807) is 6.07 Å². The van der Waals surface area contributed by atoms with Gasteiger partial charge in [0.1, 0.15) is 12.6 Å². The molecule has 0 saturated carbocycles. The molecule has 0 bridgehead atoms. The number of carbonyl (C=O) groups excluding carboxylic acids is 1. The zero-order valence-electron chi connectivity index (χ0n) is 13.0. The highest BCUT2D eigenvalue weighted by Crippen LogP contribution is 2.18. The van der Waals surface area contributed by atoms with Gasteiger partial charge in [-0.05, 0) is 18.9 Å². The van der Waals surface area contributed by atoms with Gasteiger partial charge in [-0.15, -0.1) is 0 Å². The summed E-state index contributed by atoms with van der Waals surface area (Å²) in [5.41, 5.74) is 1.02. The zero-order valence-corrected chi connectivity index (χ0v) is 13.0. The lowest BCUT2D eigenvalue weighted by molar-refractivity contribution is -0.148. The molecule has 1 atom stereocenters. The van der Waals surface area contributed by atoms with Crippen molar-refractivity contribution in [3.05, 3.63) is 52.8 Å². The normalized spacial score (nSPS) is 17.0. The summed E-state index contributed by atoms with van der Waals surface area (Å²) in [5, 5.41) is 13.4. The molecule has 0 spiro atoms. The van der Waals surface area contributed by atoms with E-state index in [-0.39, 0.29) is 6.54 Å². The summed E-state index contributed by atoms with van der Waals surface area (Å²) in [7, 11) is 0. The average molecular weight is 327 g/mol. The van der Waals surface area contributed by atoms with Gasteiger partial charge in [0.05, 0.1) is 5.69 Å². The summed E-state index contributed by atoms with van der Waals surface area (Å²) in [6.45, 7) is 0.131. The van der Waals surface area contributed by atoms with E-state index in [1.165, 1.54) is 11.0 Å². The van der Waals surface area contributed by atoms with E-state index < -0.39 is 23.5 Å². The fourth-order valence-corrected chi connectivity index (χ4v) is 2.87. The summed E-state index contributed by atoms with van der Waals surface area (Å²) < 4.78 is 1.09. The van der Waals surface area contributed by atoms with Crippen molar-refractivity contribution in [2.75, 3.05) is 6.54 Å². The maximum absolute atomic E-state index is 12.4. The number of hydrogen-bond donors (Lipinski definition) is 1. The van der Waals surface area contributed by atoms with Crippen LogP contribution in [0.2, 0.25) is 0 Å². The third-order valence-corrected chi connectivity index (χ3v) is 4.08. The van der Waals surface area contributed by atoms with E-state index in [9.17, 15) is 14.4 Å². The molecule has 7 nitrogen and oxygen atoms in total. The van der Waals surface area contributed by atoms with Crippen LogP contribution in [0.5, 0.6) is 0 Å². The van der Waals surface area contributed by atoms with E-state index in [1.807, 2.05) is 30.3 Å². The van der Waals surface area contributed by atoms with Gasteiger partial charge in [-0.1, -0.05) is 30.3 Å². The highest BCUT2D eigenvalue weighted by atomic mass is 16.4. The van der Waals surface area contributed by atoms with Crippen LogP contribution in [0.3, 0.4) is 0 Å². The summed E-state index contributed by atoms with van der Waals surface area (Å²) in [5.74, 6) is -1.42. The first-order chi connectivity index (χ1) is 11.6. The number of aliphatic carboxylic acids is 1. The third kappa shape index (κ3) is 3.19. The van der Waals surface area contributed by atoms with E-state index in [4.69, 9.17) is 5.11 Å². The van der Waals surface area contributed by atoms with Crippen molar-refractivity contribution in [1.82, 2.24) is 14.7 Å². The molecule has 0 radical (unpaired) electrons. The minimum absolute atomic E-state index is 0.261. The second kappa shape index (κ2) is 6.66. The highest BCUT2D eigenvalue weighted by Gasteiger charge is 2.34. The lowest BCUT2D eigenvalue weighted by Gasteiger charge is -2.21. The number of likely N-dealkylation sites (tertiary alicyclic amines) is 1. The van der Waals surface area contributed by atoms with Crippen molar-refractivity contribution < 1.29 is 14.7 Å². The number of carbonyl (C=O) groups is 2. The largest absolute Gasteiger partial charge is 0.480 e. The number of aromatic nitrogens is 2. The summed E-state index contributed by atoms with van der Waals surface area (Å²) in [6, 6.07) is 11.5. The standard InChI is InChI=1S/C17H17N3O4/c21-15-9-8-13(12-5-2-1-3-6-12)18-20(15)11-16(22)19-10-4-7-14(19)17(23)24/h1-3,5-6,8-9,14H,4,7,10-11H2,(H,23,24)/t14-/m1/s1. The van der Waals surface area contributed by atoms with Crippen LogP contribution in [0.1, 0.15) is 12.8 Å². The predicted octanol–water partition coefficient (Wildman–Crippen LogP) is 0.986. The number of rotatable bonds is 4. The molecule has 1 aromatic heterocycles. The quantitative estimate of drug-likeness (QED) is 0.904. The highest BCUT2D eigenvalue weighted by molar-refractivity contribution is 5.84. The predicted molar refractivity (Wildman–Crippen MR) is 86.3 cm³/mol. The molecule has 1 aliphatic rings. The summed E-state index contributed by atoms with van der Waals surface area (Å²) in [6.07, 6.45) is 1.09. The van der Waals surface area contributed by atoms with Gasteiger partial charge < -0.3 is 10.0 Å². The first kappa shape index (κ1) is 15.9. The van der Waals surface area contributed by atoms with Crippen molar-refractivity contribution in [3.8, 4) is 11.3 Å². The van der Waals surface area contributed by atoms with Gasteiger partial charge in [-0.25, -0.2) is 9.48 Å². The lowest BCUT2D eigenvalue weighted by atomic mass is 10.1. The van der Waals surface area contributed by atoms with Gasteiger partial charge in [0.2, 0.25) is 5.91 Å². The van der Waals surface area contributed by atoms with E-state index in [0.29, 0.717) is 25.1 Å². The fourth-order valence-electron chi connectivity index (χ4n) is 2.87. The SMILES string of the molecule is O=C(O)[C@H]1CCCN1C(=O)Cn1nc(-c2ccccc2)ccc1=O. The molecule has 1 aliphatic heterocycles. The molecule has 0 aliphatic carbocycles. The minimum atomic E-state index is -1.01. The Morgan fingerprint density at radius 3 is 2.62 bits per heavy atom. The Balaban J connectivity index is 1.83. The van der Waals surface area contributed by atoms with Crippen molar-refractivity contribution in [1.29, 1.82) is 0 Å². The Hall–Kier alpha value is -2.96. The van der Waals surface area contributed by atoms with Gasteiger partial charge >= 0.3 is 5.97 Å². The van der Waals surface area contributed by atoms with Crippen LogP contribution in [-0.4, -0.2) is 44.3 Å². The topological polar surface area (TPSA) is 92.5 Å². The van der Waals surface area contributed by atoms with Crippen LogP contribution in [0.25, 0.3) is 11.3 Å². The number of amides is 1. The third-order valence-electron chi connectivity index (χ3n) is 4.08. The molecule has 1 fully saturated rings.